The van der Waals surface area contributed by atoms with E-state index in [4.69, 9.17) is 9.84 Å². The zero-order valence-electron chi connectivity index (χ0n) is 16.3. The Labute approximate surface area is 173 Å². The molecule has 0 amide bonds. The number of fused-ring (bicyclic) bond motifs is 1. The highest BCUT2D eigenvalue weighted by Gasteiger charge is 2.33. The molecule has 0 spiro atoms. The molecule has 0 saturated carbocycles. The summed E-state index contributed by atoms with van der Waals surface area (Å²) in [6, 6.07) is 16.6. The first-order chi connectivity index (χ1) is 14.6. The number of anilines is 1. The van der Waals surface area contributed by atoms with Gasteiger partial charge in [-0.1, -0.05) is 30.3 Å². The van der Waals surface area contributed by atoms with Crippen molar-refractivity contribution in [3.63, 3.8) is 0 Å². The van der Waals surface area contributed by atoms with Crippen LogP contribution in [0, 0.1) is 0 Å². The molecule has 0 bridgehead atoms. The van der Waals surface area contributed by atoms with E-state index in [9.17, 15) is 9.59 Å². The molecule has 1 atom stereocenters. The van der Waals surface area contributed by atoms with Crippen LogP contribution in [0.25, 0.3) is 17.2 Å². The smallest absolute Gasteiger partial charge is 0.328 e. The fourth-order valence-corrected chi connectivity index (χ4v) is 3.70. The summed E-state index contributed by atoms with van der Waals surface area (Å²) in [5.74, 6) is -0.0553. The minimum Gasteiger partial charge on any atom is -0.497 e. The molecule has 2 aromatic carbocycles. The SMILES string of the molecule is COc1cccc(C(=O)C2CNc3nccc(-c4cccc(/C=C/C(=O)O)c4)c32)c1. The summed E-state index contributed by atoms with van der Waals surface area (Å²) in [6.07, 6.45) is 4.36. The molecule has 0 radical (unpaired) electrons. The van der Waals surface area contributed by atoms with Crippen LogP contribution in [0.3, 0.4) is 0 Å². The molecule has 1 aliphatic rings. The third kappa shape index (κ3) is 3.80. The molecule has 0 saturated heterocycles. The molecular weight excluding hydrogens is 380 g/mol. The number of Topliss-reactive ketones (excluding diaryl/α,β-unsaturated/α-hetero) is 1. The minimum absolute atomic E-state index is 0.00340. The number of ketones is 1. The van der Waals surface area contributed by atoms with Crippen molar-refractivity contribution in [1.29, 1.82) is 0 Å². The molecule has 4 rings (SSSR count). The quantitative estimate of drug-likeness (QED) is 0.475. The fourth-order valence-electron chi connectivity index (χ4n) is 3.70. The van der Waals surface area contributed by atoms with E-state index in [0.29, 0.717) is 23.7 Å². The fraction of sp³-hybridized carbons (Fsp3) is 0.125. The summed E-state index contributed by atoms with van der Waals surface area (Å²) in [5, 5.41) is 12.1. The molecule has 1 aliphatic heterocycles. The van der Waals surface area contributed by atoms with Gasteiger partial charge in [0, 0.05) is 29.9 Å². The lowest BCUT2D eigenvalue weighted by Gasteiger charge is -2.14. The van der Waals surface area contributed by atoms with E-state index in [2.05, 4.69) is 10.3 Å². The van der Waals surface area contributed by atoms with Crippen LogP contribution < -0.4 is 10.1 Å². The van der Waals surface area contributed by atoms with E-state index in [1.54, 1.807) is 43.6 Å². The van der Waals surface area contributed by atoms with Crippen LogP contribution in [0.2, 0.25) is 0 Å². The number of carbonyl (C=O) groups is 2. The van der Waals surface area contributed by atoms with Crippen molar-refractivity contribution in [1.82, 2.24) is 4.98 Å². The van der Waals surface area contributed by atoms with Gasteiger partial charge in [-0.05, 0) is 47.0 Å². The number of nitrogens with one attached hydrogen (secondary N) is 1. The van der Waals surface area contributed by atoms with Gasteiger partial charge in [-0.2, -0.15) is 0 Å². The van der Waals surface area contributed by atoms with Gasteiger partial charge in [0.25, 0.3) is 0 Å². The monoisotopic (exact) mass is 400 g/mol. The van der Waals surface area contributed by atoms with E-state index in [1.165, 1.54) is 0 Å². The maximum Gasteiger partial charge on any atom is 0.328 e. The Balaban J connectivity index is 1.74. The van der Waals surface area contributed by atoms with Gasteiger partial charge in [-0.15, -0.1) is 0 Å². The molecular formula is C24H20N2O4. The Morgan fingerprint density at radius 3 is 2.80 bits per heavy atom. The zero-order valence-corrected chi connectivity index (χ0v) is 16.3. The van der Waals surface area contributed by atoms with E-state index in [0.717, 1.165) is 28.3 Å². The summed E-state index contributed by atoms with van der Waals surface area (Å²) >= 11 is 0. The van der Waals surface area contributed by atoms with Gasteiger partial charge in [0.2, 0.25) is 0 Å². The van der Waals surface area contributed by atoms with Crippen molar-refractivity contribution < 1.29 is 19.4 Å². The Morgan fingerprint density at radius 1 is 1.17 bits per heavy atom. The first kappa shape index (κ1) is 19.4. The predicted octanol–water partition coefficient (Wildman–Crippen LogP) is 4.25. The standard InChI is InChI=1S/C24H20N2O4/c1-30-18-7-3-6-17(13-18)23(29)20-14-26-24-22(20)19(10-11-25-24)16-5-2-4-15(12-16)8-9-21(27)28/h2-13,20H,14H2,1H3,(H,25,26)(H,27,28)/b9-8+. The Hall–Kier alpha value is -3.93. The third-order valence-electron chi connectivity index (χ3n) is 5.10. The molecule has 0 fully saturated rings. The Kier molecular flexibility index (Phi) is 5.30. The van der Waals surface area contributed by atoms with Crippen LogP contribution in [0.4, 0.5) is 5.82 Å². The molecule has 1 unspecified atom stereocenters. The first-order valence-electron chi connectivity index (χ1n) is 9.49. The number of aliphatic carboxylic acids is 1. The number of nitrogens with zero attached hydrogens (tertiary/aromatic N) is 1. The van der Waals surface area contributed by atoms with Gasteiger partial charge in [-0.25, -0.2) is 9.78 Å². The van der Waals surface area contributed by atoms with Crippen LogP contribution in [0.5, 0.6) is 5.75 Å². The summed E-state index contributed by atoms with van der Waals surface area (Å²) in [4.78, 5) is 28.5. The molecule has 2 heterocycles. The van der Waals surface area contributed by atoms with E-state index in [1.807, 2.05) is 30.3 Å². The molecule has 6 heteroatoms. The van der Waals surface area contributed by atoms with Crippen molar-refractivity contribution in [3.8, 4) is 16.9 Å². The van der Waals surface area contributed by atoms with E-state index >= 15 is 0 Å². The van der Waals surface area contributed by atoms with E-state index < -0.39 is 5.97 Å². The number of aromatic nitrogens is 1. The maximum atomic E-state index is 13.3. The number of carboxylic acids is 1. The van der Waals surface area contributed by atoms with Gasteiger partial charge in [-0.3, -0.25) is 4.79 Å². The van der Waals surface area contributed by atoms with Gasteiger partial charge in [0.15, 0.2) is 5.78 Å². The number of methoxy groups -OCH3 is 1. The number of benzene rings is 2. The molecule has 6 nitrogen and oxygen atoms in total. The van der Waals surface area contributed by atoms with Crippen LogP contribution in [0.1, 0.15) is 27.4 Å². The molecule has 150 valence electrons. The van der Waals surface area contributed by atoms with Crippen LogP contribution in [-0.4, -0.2) is 35.5 Å². The third-order valence-corrected chi connectivity index (χ3v) is 5.10. The highest BCUT2D eigenvalue weighted by molar-refractivity contribution is 6.04. The van der Waals surface area contributed by atoms with Crippen molar-refractivity contribution in [3.05, 3.63) is 83.6 Å². The van der Waals surface area contributed by atoms with Gasteiger partial charge in [0.05, 0.1) is 13.0 Å². The second-order valence-corrected chi connectivity index (χ2v) is 6.95. The number of carbonyl (C=O) groups excluding carboxylic acids is 1. The topological polar surface area (TPSA) is 88.5 Å². The highest BCUT2D eigenvalue weighted by atomic mass is 16.5. The number of ether oxygens (including phenoxy) is 1. The van der Waals surface area contributed by atoms with E-state index in [-0.39, 0.29) is 11.7 Å². The summed E-state index contributed by atoms with van der Waals surface area (Å²) in [5.41, 5.74) is 4.00. The normalized spacial score (nSPS) is 14.9. The number of rotatable bonds is 6. The highest BCUT2D eigenvalue weighted by Crippen LogP contribution is 2.40. The Bertz CT molecular complexity index is 1150. The average Bonchev–Trinajstić information content (AvgIpc) is 3.21. The van der Waals surface area contributed by atoms with Gasteiger partial charge < -0.3 is 15.2 Å². The predicted molar refractivity (Wildman–Crippen MR) is 115 cm³/mol. The molecule has 3 aromatic rings. The summed E-state index contributed by atoms with van der Waals surface area (Å²) in [6.45, 7) is 0.466. The number of hydrogen-bond acceptors (Lipinski definition) is 5. The van der Waals surface area contributed by atoms with Crippen molar-refractivity contribution in [2.75, 3.05) is 19.0 Å². The second-order valence-electron chi connectivity index (χ2n) is 6.95. The lowest BCUT2D eigenvalue weighted by Crippen LogP contribution is -2.15. The maximum absolute atomic E-state index is 13.3. The zero-order chi connectivity index (χ0) is 21.1. The molecule has 1 aromatic heterocycles. The minimum atomic E-state index is -1.00. The largest absolute Gasteiger partial charge is 0.497 e. The lowest BCUT2D eigenvalue weighted by atomic mass is 9.87. The first-order valence-corrected chi connectivity index (χ1v) is 9.49. The number of pyridine rings is 1. The average molecular weight is 400 g/mol. The van der Waals surface area contributed by atoms with Crippen molar-refractivity contribution in [2.45, 2.75) is 5.92 Å². The molecule has 0 aliphatic carbocycles. The lowest BCUT2D eigenvalue weighted by molar-refractivity contribution is -0.131. The van der Waals surface area contributed by atoms with Crippen LogP contribution >= 0.6 is 0 Å². The number of hydrogen-bond donors (Lipinski definition) is 2. The Morgan fingerprint density at radius 2 is 2.00 bits per heavy atom. The van der Waals surface area contributed by atoms with Gasteiger partial charge in [0.1, 0.15) is 11.6 Å². The van der Waals surface area contributed by atoms with Crippen molar-refractivity contribution >= 4 is 23.6 Å². The van der Waals surface area contributed by atoms with Crippen LogP contribution in [-0.2, 0) is 4.79 Å². The molecule has 30 heavy (non-hydrogen) atoms. The second kappa shape index (κ2) is 8.21. The van der Waals surface area contributed by atoms with Crippen molar-refractivity contribution in [2.24, 2.45) is 0 Å². The van der Waals surface area contributed by atoms with Crippen LogP contribution in [0.15, 0.2) is 66.9 Å². The summed E-state index contributed by atoms with van der Waals surface area (Å²) in [7, 11) is 1.57. The number of carboxylic acid groups (broad SMARTS) is 1. The summed E-state index contributed by atoms with van der Waals surface area (Å²) < 4.78 is 5.25. The molecule has 2 N–H and O–H groups in total. The van der Waals surface area contributed by atoms with Gasteiger partial charge >= 0.3 is 5.97 Å².